The number of aromatic nitrogens is 1. The van der Waals surface area contributed by atoms with Crippen LogP contribution in [0.3, 0.4) is 0 Å². The number of nitro groups is 1. The second-order valence-corrected chi connectivity index (χ2v) is 4.19. The van der Waals surface area contributed by atoms with E-state index in [1.165, 1.54) is 6.07 Å². The monoisotopic (exact) mass is 248 g/mol. The van der Waals surface area contributed by atoms with E-state index in [1.807, 2.05) is 37.2 Å². The van der Waals surface area contributed by atoms with Gasteiger partial charge in [-0.15, -0.1) is 0 Å². The predicted molar refractivity (Wildman–Crippen MR) is 75.2 cm³/mol. The van der Waals surface area contributed by atoms with E-state index in [9.17, 15) is 10.1 Å². The van der Waals surface area contributed by atoms with Gasteiger partial charge in [-0.2, -0.15) is 0 Å². The minimum atomic E-state index is -0.394. The summed E-state index contributed by atoms with van der Waals surface area (Å²) < 4.78 is 0. The Labute approximate surface area is 110 Å². The van der Waals surface area contributed by atoms with Gasteiger partial charge >= 0.3 is 109 Å². The van der Waals surface area contributed by atoms with Gasteiger partial charge < -0.3 is 0 Å². The summed E-state index contributed by atoms with van der Waals surface area (Å²) in [5, 5.41) is 12.9. The zero-order valence-electron chi connectivity index (χ0n) is 9.98. The van der Waals surface area contributed by atoms with Crippen LogP contribution < -0.4 is 0 Å². The number of benzene rings is 2. The van der Waals surface area contributed by atoms with Gasteiger partial charge in [-0.1, -0.05) is 0 Å². The molecule has 5 heteroatoms. The zero-order valence-corrected chi connectivity index (χ0v) is 9.98. The first-order chi connectivity index (χ1) is 9.25. The number of non-ortho nitro benzene ring substituents is 1. The van der Waals surface area contributed by atoms with Crippen LogP contribution in [0.1, 0.15) is 0 Å². The second-order valence-electron chi connectivity index (χ2n) is 4.19. The Balaban J connectivity index is 2.24. The molecule has 90 valence electrons. The average Bonchev–Trinajstić information content (AvgIpc) is 2.47. The van der Waals surface area contributed by atoms with Crippen LogP contribution in [0.15, 0.2) is 54.6 Å². The SMILES string of the molecule is O=[N+]([O-])c1cccc(-c2ncbc3ccccc23)c1. The van der Waals surface area contributed by atoms with Crippen molar-refractivity contribution in [3.8, 4) is 11.3 Å². The molecule has 2 aromatic carbocycles. The third-order valence-corrected chi connectivity index (χ3v) is 3.00. The molecule has 0 amide bonds. The molecule has 0 aliphatic rings. The van der Waals surface area contributed by atoms with E-state index in [1.54, 1.807) is 18.2 Å². The first kappa shape index (κ1) is 11.5. The summed E-state index contributed by atoms with van der Waals surface area (Å²) in [7, 11) is 0. The average molecular weight is 248 g/mol. The van der Waals surface area contributed by atoms with E-state index in [-0.39, 0.29) is 5.69 Å². The Morgan fingerprint density at radius 3 is 2.79 bits per heavy atom. The van der Waals surface area contributed by atoms with Gasteiger partial charge in [-0.3, -0.25) is 0 Å². The molecule has 0 bridgehead atoms. The van der Waals surface area contributed by atoms with Crippen molar-refractivity contribution in [2.75, 3.05) is 0 Å². The standard InChI is InChI=1S/C14H9BN2O2/c18-17(19)11-5-3-4-10(8-11)14-12-6-1-2-7-13(12)15-9-16-14/h1-9H. The van der Waals surface area contributed by atoms with Gasteiger partial charge in [-0.05, 0) is 0 Å². The molecular weight excluding hydrogens is 239 g/mol. The number of nitro benzene ring substituents is 1. The molecule has 0 fully saturated rings. The first-order valence-electron chi connectivity index (χ1n) is 5.84. The Morgan fingerprint density at radius 2 is 1.95 bits per heavy atom. The Kier molecular flexibility index (Phi) is 2.80. The molecule has 0 saturated carbocycles. The van der Waals surface area contributed by atoms with Crippen molar-refractivity contribution in [2.24, 2.45) is 0 Å². The maximum absolute atomic E-state index is 10.8. The van der Waals surface area contributed by atoms with Crippen molar-refractivity contribution >= 4 is 23.3 Å². The molecule has 4 nitrogen and oxygen atoms in total. The Morgan fingerprint density at radius 1 is 1.11 bits per heavy atom. The van der Waals surface area contributed by atoms with Crippen LogP contribution in [0.25, 0.3) is 21.9 Å². The molecule has 1 heterocycles. The Hall–Kier alpha value is -2.56. The van der Waals surface area contributed by atoms with Crippen LogP contribution in [-0.2, 0) is 0 Å². The fourth-order valence-electron chi connectivity index (χ4n) is 2.12. The quantitative estimate of drug-likeness (QED) is 0.517. The Bertz CT molecular complexity index is 769. The van der Waals surface area contributed by atoms with E-state index < -0.39 is 4.92 Å². The third-order valence-electron chi connectivity index (χ3n) is 3.00. The molecule has 19 heavy (non-hydrogen) atoms. The number of hydrogen-bond donors (Lipinski definition) is 0. The molecule has 0 aliphatic carbocycles. The minimum absolute atomic E-state index is 0.0761. The van der Waals surface area contributed by atoms with Crippen LogP contribution >= 0.6 is 0 Å². The fourth-order valence-corrected chi connectivity index (χ4v) is 2.12. The van der Waals surface area contributed by atoms with Crippen molar-refractivity contribution < 1.29 is 4.92 Å². The first-order valence-corrected chi connectivity index (χ1v) is 5.84. The molecule has 0 saturated heterocycles. The number of fused-ring (bicyclic) bond motifs is 1. The molecule has 0 aliphatic heterocycles. The van der Waals surface area contributed by atoms with E-state index in [0.29, 0.717) is 0 Å². The molecule has 3 rings (SSSR count). The normalized spacial score (nSPS) is 10.3. The second kappa shape index (κ2) is 4.61. The number of rotatable bonds is 2. The van der Waals surface area contributed by atoms with Gasteiger partial charge in [0.2, 0.25) is 0 Å². The van der Waals surface area contributed by atoms with Crippen molar-refractivity contribution in [3.05, 3.63) is 64.7 Å². The number of nitrogens with zero attached hydrogens (tertiary/aromatic N) is 2. The van der Waals surface area contributed by atoms with Crippen LogP contribution in [-0.4, -0.2) is 16.8 Å². The molecule has 0 N–H and O–H groups in total. The summed E-state index contributed by atoms with van der Waals surface area (Å²) in [6, 6.07) is 14.4. The van der Waals surface area contributed by atoms with Crippen LogP contribution in [0.2, 0.25) is 0 Å². The van der Waals surface area contributed by atoms with E-state index in [0.717, 1.165) is 21.9 Å². The van der Waals surface area contributed by atoms with Crippen LogP contribution in [0.5, 0.6) is 0 Å². The third kappa shape index (κ3) is 2.10. The fraction of sp³-hybridized carbons (Fsp3) is 0. The van der Waals surface area contributed by atoms with Crippen molar-refractivity contribution in [3.63, 3.8) is 0 Å². The van der Waals surface area contributed by atoms with E-state index in [4.69, 9.17) is 0 Å². The predicted octanol–water partition coefficient (Wildman–Crippen LogP) is 3.15. The van der Waals surface area contributed by atoms with Crippen LogP contribution in [0.4, 0.5) is 5.69 Å². The molecule has 1 aromatic heterocycles. The van der Waals surface area contributed by atoms with Gasteiger partial charge in [0.25, 0.3) is 0 Å². The summed E-state index contributed by atoms with van der Waals surface area (Å²) in [6.07, 6.45) is 1.72. The molecule has 3 aromatic rings. The summed E-state index contributed by atoms with van der Waals surface area (Å²) in [6.45, 7) is 1.93. The van der Waals surface area contributed by atoms with Crippen molar-refractivity contribution in [1.29, 1.82) is 0 Å². The number of hydrogen-bond acceptors (Lipinski definition) is 3. The van der Waals surface area contributed by atoms with Gasteiger partial charge in [-0.25, -0.2) is 0 Å². The van der Waals surface area contributed by atoms with Crippen molar-refractivity contribution in [1.82, 2.24) is 4.98 Å². The molecule has 0 radical (unpaired) electrons. The van der Waals surface area contributed by atoms with Crippen molar-refractivity contribution in [2.45, 2.75) is 0 Å². The van der Waals surface area contributed by atoms with Gasteiger partial charge in [0.15, 0.2) is 0 Å². The van der Waals surface area contributed by atoms with Gasteiger partial charge in [0.05, 0.1) is 0 Å². The summed E-state index contributed by atoms with van der Waals surface area (Å²) in [5.74, 6) is 0. The topological polar surface area (TPSA) is 56.0 Å². The summed E-state index contributed by atoms with van der Waals surface area (Å²) in [5.41, 5.74) is 1.60. The molecule has 0 atom stereocenters. The zero-order chi connectivity index (χ0) is 13.2. The summed E-state index contributed by atoms with van der Waals surface area (Å²) in [4.78, 5) is 14.8. The van der Waals surface area contributed by atoms with Gasteiger partial charge in [0.1, 0.15) is 0 Å². The summed E-state index contributed by atoms with van der Waals surface area (Å²) >= 11 is 0. The molecular formula is C14H9BN2O2. The van der Waals surface area contributed by atoms with Crippen LogP contribution in [0, 0.1) is 10.1 Å². The van der Waals surface area contributed by atoms with E-state index >= 15 is 0 Å². The maximum atomic E-state index is 10.8. The molecule has 0 unspecified atom stereocenters. The van der Waals surface area contributed by atoms with Gasteiger partial charge in [0, 0.05) is 0 Å². The molecule has 0 spiro atoms. The van der Waals surface area contributed by atoms with E-state index in [2.05, 4.69) is 4.98 Å².